The number of hydrogen-bond donors (Lipinski definition) is 1. The van der Waals surface area contributed by atoms with E-state index in [1.807, 2.05) is 34.5 Å². The molecule has 4 nitrogen and oxygen atoms in total. The minimum atomic E-state index is -0.0898. The smallest absolute Gasteiger partial charge is 0.255 e. The van der Waals surface area contributed by atoms with Crippen LogP contribution in [0.15, 0.2) is 34.8 Å². The van der Waals surface area contributed by atoms with Crippen LogP contribution >= 0.6 is 22.9 Å². The van der Waals surface area contributed by atoms with Gasteiger partial charge in [-0.05, 0) is 11.6 Å². The van der Waals surface area contributed by atoms with E-state index in [1.165, 1.54) is 11.3 Å². The number of thiophene rings is 1. The molecule has 106 valence electrons. The van der Waals surface area contributed by atoms with Crippen LogP contribution in [0.5, 0.6) is 0 Å². The Morgan fingerprint density at radius 1 is 1.33 bits per heavy atom. The fraction of sp³-hybridized carbons (Fsp3) is 0.200. The number of carbonyl (C=O) groups is 1. The van der Waals surface area contributed by atoms with Crippen molar-refractivity contribution >= 4 is 34.6 Å². The van der Waals surface area contributed by atoms with Crippen LogP contribution in [-0.4, -0.2) is 21.7 Å². The van der Waals surface area contributed by atoms with E-state index < -0.39 is 0 Å². The molecule has 0 bridgehead atoms. The zero-order chi connectivity index (χ0) is 14.6. The van der Waals surface area contributed by atoms with Gasteiger partial charge in [-0.2, -0.15) is 0 Å². The predicted molar refractivity (Wildman–Crippen MR) is 81.3 cm³/mol. The van der Waals surface area contributed by atoms with Gasteiger partial charge in [0.25, 0.3) is 5.91 Å². The maximum Gasteiger partial charge on any atom is 0.255 e. The number of oxime groups is 1. The lowest BCUT2D eigenvalue weighted by Gasteiger charge is -2.22. The first kappa shape index (κ1) is 12.9. The van der Waals surface area contributed by atoms with Crippen LogP contribution in [0.1, 0.15) is 39.5 Å². The maximum atomic E-state index is 12.6. The Hall–Kier alpha value is -1.85. The van der Waals surface area contributed by atoms with E-state index in [4.69, 9.17) is 11.6 Å². The molecule has 1 amide bonds. The number of halogens is 1. The zero-order valence-electron chi connectivity index (χ0n) is 10.9. The van der Waals surface area contributed by atoms with Crippen molar-refractivity contribution in [1.29, 1.82) is 0 Å². The zero-order valence-corrected chi connectivity index (χ0v) is 12.5. The van der Waals surface area contributed by atoms with Crippen LogP contribution in [0.2, 0.25) is 4.34 Å². The number of nitrogens with zero attached hydrogens (tertiary/aromatic N) is 2. The molecular formula is C15H11ClN2O2S. The van der Waals surface area contributed by atoms with Crippen LogP contribution in [0, 0.1) is 0 Å². The molecule has 4 rings (SSSR count). The molecule has 6 heteroatoms. The highest BCUT2D eigenvalue weighted by molar-refractivity contribution is 7.14. The molecule has 0 fully saturated rings. The number of benzene rings is 1. The molecule has 1 unspecified atom stereocenters. The van der Waals surface area contributed by atoms with Crippen molar-refractivity contribution in [3.8, 4) is 0 Å². The average molecular weight is 319 g/mol. The second-order valence-electron chi connectivity index (χ2n) is 5.19. The number of rotatable bonds is 0. The molecule has 1 aromatic carbocycles. The van der Waals surface area contributed by atoms with E-state index in [-0.39, 0.29) is 11.9 Å². The molecule has 0 saturated carbocycles. The van der Waals surface area contributed by atoms with E-state index in [9.17, 15) is 10.0 Å². The topological polar surface area (TPSA) is 52.9 Å². The molecule has 0 saturated heterocycles. The molecule has 2 aliphatic heterocycles. The van der Waals surface area contributed by atoms with E-state index in [1.54, 1.807) is 0 Å². The third-order valence-corrected chi connectivity index (χ3v) is 5.48. The third kappa shape index (κ3) is 1.74. The van der Waals surface area contributed by atoms with Crippen molar-refractivity contribution in [3.05, 3.63) is 56.2 Å². The first-order valence-electron chi connectivity index (χ1n) is 6.57. The van der Waals surface area contributed by atoms with Gasteiger partial charge in [-0.25, -0.2) is 0 Å². The Kier molecular flexibility index (Phi) is 2.80. The predicted octanol–water partition coefficient (Wildman–Crippen LogP) is 3.68. The van der Waals surface area contributed by atoms with Gasteiger partial charge in [-0.15, -0.1) is 11.3 Å². The van der Waals surface area contributed by atoms with E-state index in [0.29, 0.717) is 23.0 Å². The standard InChI is InChI=1S/C15H11ClN2O2S/c16-14-10-6-18-13(5-12(17-20)11(10)7-21-14)8-3-1-2-4-9(8)15(18)19/h1-4,7,13,20H,5-6H2/b17-12+. The molecule has 0 spiro atoms. The van der Waals surface area contributed by atoms with Crippen LogP contribution in [-0.2, 0) is 6.54 Å². The van der Waals surface area contributed by atoms with Gasteiger partial charge < -0.3 is 10.1 Å². The monoisotopic (exact) mass is 318 g/mol. The first-order chi connectivity index (χ1) is 10.2. The van der Waals surface area contributed by atoms with Gasteiger partial charge in [0, 0.05) is 35.0 Å². The minimum absolute atomic E-state index is 0.0167. The van der Waals surface area contributed by atoms with Gasteiger partial charge in [0.2, 0.25) is 0 Å². The largest absolute Gasteiger partial charge is 0.411 e. The molecule has 0 aliphatic carbocycles. The summed E-state index contributed by atoms with van der Waals surface area (Å²) in [7, 11) is 0. The van der Waals surface area contributed by atoms with Crippen LogP contribution < -0.4 is 0 Å². The number of carbonyl (C=O) groups excluding carboxylic acids is 1. The van der Waals surface area contributed by atoms with Gasteiger partial charge >= 0.3 is 0 Å². The van der Waals surface area contributed by atoms with Crippen molar-refractivity contribution in [2.75, 3.05) is 0 Å². The van der Waals surface area contributed by atoms with Gasteiger partial charge in [-0.1, -0.05) is 35.0 Å². The summed E-state index contributed by atoms with van der Waals surface area (Å²) < 4.78 is 0.649. The van der Waals surface area contributed by atoms with Crippen molar-refractivity contribution in [3.63, 3.8) is 0 Å². The summed E-state index contributed by atoms with van der Waals surface area (Å²) >= 11 is 7.65. The summed E-state index contributed by atoms with van der Waals surface area (Å²) in [5.41, 5.74) is 4.04. The Bertz CT molecular complexity index is 784. The number of fused-ring (bicyclic) bond motifs is 4. The highest BCUT2D eigenvalue weighted by atomic mass is 35.5. The molecule has 2 aromatic rings. The molecule has 2 aliphatic rings. The fourth-order valence-corrected chi connectivity index (χ4v) is 4.27. The van der Waals surface area contributed by atoms with Gasteiger partial charge in [0.15, 0.2) is 0 Å². The summed E-state index contributed by atoms with van der Waals surface area (Å²) in [4.78, 5) is 14.4. The SMILES string of the molecule is O=C1c2ccccc2C2C/C(=N\O)c3csc(Cl)c3CN12. The summed E-state index contributed by atoms with van der Waals surface area (Å²) in [6.07, 6.45) is 0.499. The molecular weight excluding hydrogens is 308 g/mol. The van der Waals surface area contributed by atoms with Crippen molar-refractivity contribution in [2.24, 2.45) is 5.16 Å². The summed E-state index contributed by atoms with van der Waals surface area (Å²) in [6.45, 7) is 0.453. The highest BCUT2D eigenvalue weighted by Gasteiger charge is 2.40. The molecule has 0 radical (unpaired) electrons. The van der Waals surface area contributed by atoms with E-state index in [0.717, 1.165) is 22.3 Å². The quantitative estimate of drug-likeness (QED) is 0.595. The van der Waals surface area contributed by atoms with E-state index >= 15 is 0 Å². The Morgan fingerprint density at radius 2 is 2.14 bits per heavy atom. The second-order valence-corrected chi connectivity index (χ2v) is 6.67. The molecule has 3 heterocycles. The lowest BCUT2D eigenvalue weighted by molar-refractivity contribution is 0.0717. The third-order valence-electron chi connectivity index (χ3n) is 4.18. The maximum absolute atomic E-state index is 12.6. The normalized spacial score (nSPS) is 22.0. The lowest BCUT2D eigenvalue weighted by Crippen LogP contribution is -2.26. The van der Waals surface area contributed by atoms with Gasteiger partial charge in [0.1, 0.15) is 0 Å². The number of amides is 1. The summed E-state index contributed by atoms with van der Waals surface area (Å²) in [6, 6.07) is 7.52. The highest BCUT2D eigenvalue weighted by Crippen LogP contribution is 2.43. The van der Waals surface area contributed by atoms with Crippen molar-refractivity contribution in [2.45, 2.75) is 19.0 Å². The molecule has 1 atom stereocenters. The average Bonchev–Trinajstić information content (AvgIpc) is 2.92. The Morgan fingerprint density at radius 3 is 2.95 bits per heavy atom. The summed E-state index contributed by atoms with van der Waals surface area (Å²) in [5.74, 6) is 0.0167. The van der Waals surface area contributed by atoms with Crippen LogP contribution in [0.4, 0.5) is 0 Å². The minimum Gasteiger partial charge on any atom is -0.411 e. The van der Waals surface area contributed by atoms with Crippen LogP contribution in [0.25, 0.3) is 0 Å². The lowest BCUT2D eigenvalue weighted by atomic mass is 9.98. The van der Waals surface area contributed by atoms with E-state index in [2.05, 4.69) is 5.16 Å². The van der Waals surface area contributed by atoms with Gasteiger partial charge in [0.05, 0.1) is 16.1 Å². The second kappa shape index (κ2) is 4.58. The van der Waals surface area contributed by atoms with Crippen LogP contribution in [0.3, 0.4) is 0 Å². The summed E-state index contributed by atoms with van der Waals surface area (Å²) in [5, 5.41) is 14.7. The number of hydrogen-bond acceptors (Lipinski definition) is 4. The Balaban J connectivity index is 1.88. The molecule has 1 N–H and O–H groups in total. The molecule has 21 heavy (non-hydrogen) atoms. The van der Waals surface area contributed by atoms with Crippen molar-refractivity contribution in [1.82, 2.24) is 4.90 Å². The fourth-order valence-electron chi connectivity index (χ4n) is 3.16. The Labute approximate surface area is 130 Å². The first-order valence-corrected chi connectivity index (χ1v) is 7.83. The molecule has 1 aromatic heterocycles. The van der Waals surface area contributed by atoms with Crippen molar-refractivity contribution < 1.29 is 10.0 Å². The van der Waals surface area contributed by atoms with Gasteiger partial charge in [-0.3, -0.25) is 4.79 Å².